The highest BCUT2D eigenvalue weighted by atomic mass is 35.5. The van der Waals surface area contributed by atoms with Crippen LogP contribution < -0.4 is 4.74 Å². The number of halogens is 2. The van der Waals surface area contributed by atoms with Crippen molar-refractivity contribution in [1.29, 1.82) is 0 Å². The average molecular weight is 338 g/mol. The Balaban J connectivity index is 0.00000176. The topological polar surface area (TPSA) is 12.5 Å². The molecule has 0 bridgehead atoms. The monoisotopic (exact) mass is 337 g/mol. The van der Waals surface area contributed by atoms with E-state index in [9.17, 15) is 0 Å². The molecule has 3 rings (SSSR count). The number of methoxy groups -OCH3 is 1. The molecule has 0 spiro atoms. The van der Waals surface area contributed by atoms with Crippen LogP contribution in [0.5, 0.6) is 5.75 Å². The van der Waals surface area contributed by atoms with Crippen LogP contribution in [0.4, 0.5) is 0 Å². The molecule has 0 fully saturated rings. The zero-order valence-corrected chi connectivity index (χ0v) is 14.5. The van der Waals surface area contributed by atoms with Crippen molar-refractivity contribution in [3.63, 3.8) is 0 Å². The van der Waals surface area contributed by atoms with Crippen LogP contribution in [-0.2, 0) is 6.42 Å². The summed E-state index contributed by atoms with van der Waals surface area (Å²) in [4.78, 5) is 2.38. The zero-order valence-electron chi connectivity index (χ0n) is 12.9. The van der Waals surface area contributed by atoms with Crippen LogP contribution in [-0.4, -0.2) is 25.6 Å². The van der Waals surface area contributed by atoms with Crippen LogP contribution in [0.3, 0.4) is 0 Å². The van der Waals surface area contributed by atoms with E-state index in [-0.39, 0.29) is 18.4 Å². The highest BCUT2D eigenvalue weighted by Gasteiger charge is 2.26. The van der Waals surface area contributed by atoms with Gasteiger partial charge in [-0.1, -0.05) is 35.9 Å². The molecule has 1 aliphatic rings. The third kappa shape index (κ3) is 3.24. The van der Waals surface area contributed by atoms with Crippen LogP contribution in [0.1, 0.15) is 29.2 Å². The summed E-state index contributed by atoms with van der Waals surface area (Å²) in [6.45, 7) is 1.06. The fourth-order valence-corrected chi connectivity index (χ4v) is 3.41. The smallest absolute Gasteiger partial charge is 0.119 e. The minimum atomic E-state index is 0. The predicted octanol–water partition coefficient (Wildman–Crippen LogP) is 4.74. The summed E-state index contributed by atoms with van der Waals surface area (Å²) >= 11 is 6.46. The van der Waals surface area contributed by atoms with Crippen molar-refractivity contribution in [1.82, 2.24) is 4.90 Å². The fraction of sp³-hybridized carbons (Fsp3) is 0.333. The number of rotatable bonds is 2. The molecule has 1 heterocycles. The average Bonchev–Trinajstić information content (AvgIpc) is 2.66. The molecule has 0 aliphatic carbocycles. The molecule has 0 radical (unpaired) electrons. The van der Waals surface area contributed by atoms with Gasteiger partial charge < -0.3 is 4.74 Å². The minimum Gasteiger partial charge on any atom is -0.497 e. The lowest BCUT2D eigenvalue weighted by Gasteiger charge is -2.28. The second-order valence-corrected chi connectivity index (χ2v) is 5.98. The Kier molecular flexibility index (Phi) is 5.74. The number of ether oxygens (including phenoxy) is 1. The van der Waals surface area contributed by atoms with Crippen LogP contribution in [0.25, 0.3) is 0 Å². The first-order valence-corrected chi connectivity index (χ1v) is 7.70. The van der Waals surface area contributed by atoms with E-state index in [0.717, 1.165) is 35.7 Å². The first-order chi connectivity index (χ1) is 10.2. The van der Waals surface area contributed by atoms with E-state index >= 15 is 0 Å². The summed E-state index contributed by atoms with van der Waals surface area (Å²) in [5, 5.41) is 0.824. The van der Waals surface area contributed by atoms with Gasteiger partial charge in [-0.2, -0.15) is 0 Å². The molecular formula is C18H21Cl2NO. The molecule has 1 unspecified atom stereocenters. The Morgan fingerprint density at radius 2 is 1.91 bits per heavy atom. The molecule has 1 aliphatic heterocycles. The largest absolute Gasteiger partial charge is 0.497 e. The van der Waals surface area contributed by atoms with E-state index < -0.39 is 0 Å². The van der Waals surface area contributed by atoms with E-state index in [1.165, 1.54) is 11.1 Å². The SMILES string of the molecule is COc1ccc2c(c1)C(c1ccccc1Cl)N(C)CCC2.Cl. The molecule has 0 saturated carbocycles. The summed E-state index contributed by atoms with van der Waals surface area (Å²) in [5.74, 6) is 0.904. The third-order valence-electron chi connectivity index (χ3n) is 4.25. The number of nitrogens with zero attached hydrogens (tertiary/aromatic N) is 1. The van der Waals surface area contributed by atoms with Gasteiger partial charge in [0.15, 0.2) is 0 Å². The second kappa shape index (κ2) is 7.36. The van der Waals surface area contributed by atoms with Crippen LogP contribution in [0, 0.1) is 0 Å². The van der Waals surface area contributed by atoms with Gasteiger partial charge in [0.1, 0.15) is 5.75 Å². The molecule has 2 aromatic carbocycles. The van der Waals surface area contributed by atoms with Crippen LogP contribution in [0.15, 0.2) is 42.5 Å². The maximum absolute atomic E-state index is 6.46. The molecule has 2 nitrogen and oxygen atoms in total. The van der Waals surface area contributed by atoms with Crippen molar-refractivity contribution in [2.75, 3.05) is 20.7 Å². The minimum absolute atomic E-state index is 0. The molecule has 1 atom stereocenters. The van der Waals surface area contributed by atoms with Gasteiger partial charge in [-0.25, -0.2) is 0 Å². The first kappa shape index (κ1) is 17.1. The molecule has 0 aromatic heterocycles. The fourth-order valence-electron chi connectivity index (χ4n) is 3.17. The quantitative estimate of drug-likeness (QED) is 0.784. The Hall–Kier alpha value is -1.22. The highest BCUT2D eigenvalue weighted by molar-refractivity contribution is 6.31. The number of hydrogen-bond acceptors (Lipinski definition) is 2. The molecule has 4 heteroatoms. The summed E-state index contributed by atoms with van der Waals surface area (Å²) < 4.78 is 5.42. The van der Waals surface area contributed by atoms with E-state index in [1.807, 2.05) is 18.2 Å². The summed E-state index contributed by atoms with van der Waals surface area (Å²) in [6, 6.07) is 14.7. The maximum atomic E-state index is 6.46. The van der Waals surface area contributed by atoms with E-state index in [1.54, 1.807) is 7.11 Å². The van der Waals surface area contributed by atoms with Gasteiger partial charge >= 0.3 is 0 Å². The Morgan fingerprint density at radius 3 is 2.64 bits per heavy atom. The summed E-state index contributed by atoms with van der Waals surface area (Å²) in [6.07, 6.45) is 2.27. The lowest BCUT2D eigenvalue weighted by atomic mass is 9.93. The van der Waals surface area contributed by atoms with Crippen molar-refractivity contribution in [3.8, 4) is 5.75 Å². The van der Waals surface area contributed by atoms with Gasteiger partial charge in [-0.3, -0.25) is 4.90 Å². The molecule has 0 amide bonds. The predicted molar refractivity (Wildman–Crippen MR) is 94.5 cm³/mol. The van der Waals surface area contributed by atoms with E-state index in [4.69, 9.17) is 16.3 Å². The van der Waals surface area contributed by atoms with Crippen molar-refractivity contribution in [3.05, 3.63) is 64.2 Å². The summed E-state index contributed by atoms with van der Waals surface area (Å²) in [7, 11) is 3.88. The maximum Gasteiger partial charge on any atom is 0.119 e. The van der Waals surface area contributed by atoms with Crippen molar-refractivity contribution >= 4 is 24.0 Å². The van der Waals surface area contributed by atoms with Gasteiger partial charge in [0, 0.05) is 5.02 Å². The number of hydrogen-bond donors (Lipinski definition) is 0. The van der Waals surface area contributed by atoms with Crippen LogP contribution >= 0.6 is 24.0 Å². The van der Waals surface area contributed by atoms with Gasteiger partial charge in [0.05, 0.1) is 13.2 Å². The van der Waals surface area contributed by atoms with Crippen molar-refractivity contribution in [2.24, 2.45) is 0 Å². The Labute approximate surface area is 143 Å². The molecular weight excluding hydrogens is 317 g/mol. The van der Waals surface area contributed by atoms with Crippen LogP contribution in [0.2, 0.25) is 5.02 Å². The second-order valence-electron chi connectivity index (χ2n) is 5.57. The Bertz CT molecular complexity index is 645. The van der Waals surface area contributed by atoms with Gasteiger partial charge in [0.25, 0.3) is 0 Å². The lowest BCUT2D eigenvalue weighted by Crippen LogP contribution is -2.25. The lowest BCUT2D eigenvalue weighted by molar-refractivity contribution is 0.284. The number of fused-ring (bicyclic) bond motifs is 1. The number of benzene rings is 2. The van der Waals surface area contributed by atoms with Gasteiger partial charge in [-0.15, -0.1) is 12.4 Å². The number of aryl methyl sites for hydroxylation is 1. The molecule has 0 N–H and O–H groups in total. The molecule has 22 heavy (non-hydrogen) atoms. The van der Waals surface area contributed by atoms with E-state index in [0.29, 0.717) is 0 Å². The van der Waals surface area contributed by atoms with E-state index in [2.05, 4.69) is 36.2 Å². The van der Waals surface area contributed by atoms with Gasteiger partial charge in [0.2, 0.25) is 0 Å². The molecule has 0 saturated heterocycles. The molecule has 2 aromatic rings. The first-order valence-electron chi connectivity index (χ1n) is 7.32. The van der Waals surface area contributed by atoms with Crippen molar-refractivity contribution < 1.29 is 4.74 Å². The Morgan fingerprint density at radius 1 is 1.14 bits per heavy atom. The summed E-state index contributed by atoms with van der Waals surface area (Å²) in [5.41, 5.74) is 3.87. The van der Waals surface area contributed by atoms with Crippen molar-refractivity contribution in [2.45, 2.75) is 18.9 Å². The highest BCUT2D eigenvalue weighted by Crippen LogP contribution is 2.38. The van der Waals surface area contributed by atoms with Gasteiger partial charge in [-0.05, 0) is 61.3 Å². The third-order valence-corrected chi connectivity index (χ3v) is 4.59. The zero-order chi connectivity index (χ0) is 14.8. The normalized spacial score (nSPS) is 18.0. The standard InChI is InChI=1S/C18H20ClNO.ClH/c1-20-11-5-6-13-9-10-14(21-2)12-16(13)18(20)15-7-3-4-8-17(15)19;/h3-4,7-10,12,18H,5-6,11H2,1-2H3;1H. The molecule has 118 valence electrons.